The van der Waals surface area contributed by atoms with Crippen LogP contribution in [0, 0.1) is 11.3 Å². The summed E-state index contributed by atoms with van der Waals surface area (Å²) in [4.78, 5) is 7.93. The average molecular weight is 437 g/mol. The van der Waals surface area contributed by atoms with Crippen LogP contribution in [0.5, 0.6) is 0 Å². The second kappa shape index (κ2) is 9.27. The minimum Gasteiger partial charge on any atom is -0.340 e. The van der Waals surface area contributed by atoms with Gasteiger partial charge in [-0.2, -0.15) is 23.4 Å². The quantitative estimate of drug-likeness (QED) is 0.454. The summed E-state index contributed by atoms with van der Waals surface area (Å²) >= 11 is 0. The van der Waals surface area contributed by atoms with Gasteiger partial charge in [0.05, 0.1) is 11.6 Å². The molecule has 32 heavy (non-hydrogen) atoms. The Bertz CT molecular complexity index is 1110. The van der Waals surface area contributed by atoms with Gasteiger partial charge in [0.15, 0.2) is 0 Å². The molecule has 0 saturated heterocycles. The van der Waals surface area contributed by atoms with Gasteiger partial charge < -0.3 is 10.6 Å². The van der Waals surface area contributed by atoms with E-state index < -0.39 is 11.7 Å². The molecule has 2 N–H and O–H groups in total. The topological polar surface area (TPSA) is 73.6 Å². The molecule has 5 nitrogen and oxygen atoms in total. The number of nitrogens with one attached hydrogen (secondary N) is 2. The van der Waals surface area contributed by atoms with Crippen molar-refractivity contribution in [1.82, 2.24) is 9.97 Å². The number of rotatable bonds is 5. The number of alkyl halides is 3. The number of hydrogen-bond donors (Lipinski definition) is 2. The molecule has 1 aliphatic carbocycles. The van der Waals surface area contributed by atoms with Crippen molar-refractivity contribution in [2.45, 2.75) is 44.2 Å². The lowest BCUT2D eigenvalue weighted by Gasteiger charge is -2.22. The summed E-state index contributed by atoms with van der Waals surface area (Å²) in [6.45, 7) is 0. The summed E-state index contributed by atoms with van der Waals surface area (Å²) in [5.74, 6) is 0.143. The molecule has 2 aromatic carbocycles. The summed E-state index contributed by atoms with van der Waals surface area (Å²) in [5, 5.41) is 14.6. The molecule has 0 atom stereocenters. The van der Waals surface area contributed by atoms with Crippen molar-refractivity contribution < 1.29 is 13.2 Å². The van der Waals surface area contributed by atoms with Crippen LogP contribution in [0.4, 0.5) is 36.3 Å². The Morgan fingerprint density at radius 1 is 0.938 bits per heavy atom. The molecule has 1 saturated carbocycles. The van der Waals surface area contributed by atoms with Gasteiger partial charge in [-0.3, -0.25) is 0 Å². The van der Waals surface area contributed by atoms with Crippen molar-refractivity contribution in [2.24, 2.45) is 0 Å². The molecular weight excluding hydrogens is 415 g/mol. The Hall–Kier alpha value is -3.60. The van der Waals surface area contributed by atoms with Crippen LogP contribution in [0.1, 0.15) is 54.7 Å². The van der Waals surface area contributed by atoms with Crippen LogP contribution < -0.4 is 10.6 Å². The predicted octanol–water partition coefficient (Wildman–Crippen LogP) is 6.90. The standard InChI is InChI=1S/C24H22F3N5/c25-24(26,27)21-15-29-23(31-19-11-9-16(14-28)10-12-19)32-22(21)30-20-8-4-7-18(13-20)17-5-2-1-3-6-17/h4,7-13,15,17H,1-3,5-6H2,(H2,29,30,31,32). The molecule has 8 heteroatoms. The van der Waals surface area contributed by atoms with E-state index in [9.17, 15) is 13.2 Å². The van der Waals surface area contributed by atoms with Gasteiger partial charge in [-0.25, -0.2) is 4.98 Å². The minimum atomic E-state index is -4.60. The normalized spacial score (nSPS) is 14.6. The van der Waals surface area contributed by atoms with E-state index in [1.165, 1.54) is 19.3 Å². The molecular formula is C24H22F3N5. The number of anilines is 4. The van der Waals surface area contributed by atoms with E-state index in [0.29, 0.717) is 22.9 Å². The zero-order chi connectivity index (χ0) is 22.6. The molecule has 0 amide bonds. The Balaban J connectivity index is 1.61. The third-order valence-electron chi connectivity index (χ3n) is 5.59. The summed E-state index contributed by atoms with van der Waals surface area (Å²) in [6, 6.07) is 16.0. The van der Waals surface area contributed by atoms with Gasteiger partial charge in [0.25, 0.3) is 0 Å². The van der Waals surface area contributed by atoms with Gasteiger partial charge in [-0.05, 0) is 60.7 Å². The van der Waals surface area contributed by atoms with Gasteiger partial charge in [0.1, 0.15) is 11.4 Å². The highest BCUT2D eigenvalue weighted by Crippen LogP contribution is 2.37. The first-order valence-electron chi connectivity index (χ1n) is 10.5. The molecule has 0 aliphatic heterocycles. The Kier molecular flexibility index (Phi) is 6.26. The molecule has 0 unspecified atom stereocenters. The van der Waals surface area contributed by atoms with Crippen molar-refractivity contribution in [2.75, 3.05) is 10.6 Å². The molecule has 0 spiro atoms. The third kappa shape index (κ3) is 5.17. The first-order chi connectivity index (χ1) is 15.4. The van der Waals surface area contributed by atoms with Crippen molar-refractivity contribution in [3.63, 3.8) is 0 Å². The minimum absolute atomic E-state index is 0.0219. The number of hydrogen-bond acceptors (Lipinski definition) is 5. The second-order valence-electron chi connectivity index (χ2n) is 7.85. The van der Waals surface area contributed by atoms with E-state index in [0.717, 1.165) is 24.6 Å². The summed E-state index contributed by atoms with van der Waals surface area (Å²) < 4.78 is 40.8. The smallest absolute Gasteiger partial charge is 0.340 e. The summed E-state index contributed by atoms with van der Waals surface area (Å²) in [5.41, 5.74) is 1.79. The highest BCUT2D eigenvalue weighted by atomic mass is 19.4. The van der Waals surface area contributed by atoms with Crippen LogP contribution in [-0.2, 0) is 6.18 Å². The van der Waals surface area contributed by atoms with Crippen LogP contribution >= 0.6 is 0 Å². The molecule has 1 aromatic heterocycles. The zero-order valence-electron chi connectivity index (χ0n) is 17.3. The van der Waals surface area contributed by atoms with Gasteiger partial charge >= 0.3 is 6.18 Å². The van der Waals surface area contributed by atoms with Crippen LogP contribution in [-0.4, -0.2) is 9.97 Å². The molecule has 1 aliphatic rings. The van der Waals surface area contributed by atoms with Crippen LogP contribution in [0.25, 0.3) is 0 Å². The molecule has 4 rings (SSSR count). The number of nitriles is 1. The van der Waals surface area contributed by atoms with E-state index >= 15 is 0 Å². The Labute approximate surface area is 184 Å². The van der Waals surface area contributed by atoms with Gasteiger partial charge in [0.2, 0.25) is 5.95 Å². The number of nitrogens with zero attached hydrogens (tertiary/aromatic N) is 3. The fourth-order valence-corrected chi connectivity index (χ4v) is 3.94. The summed E-state index contributed by atoms with van der Waals surface area (Å²) in [6.07, 6.45) is 1.96. The first kappa shape index (κ1) is 21.6. The Morgan fingerprint density at radius 3 is 2.38 bits per heavy atom. The zero-order valence-corrected chi connectivity index (χ0v) is 17.3. The maximum atomic E-state index is 13.6. The molecule has 3 aromatic rings. The molecule has 0 bridgehead atoms. The predicted molar refractivity (Wildman–Crippen MR) is 117 cm³/mol. The van der Waals surface area contributed by atoms with E-state index in [4.69, 9.17) is 5.26 Å². The first-order valence-corrected chi connectivity index (χ1v) is 10.5. The van der Waals surface area contributed by atoms with Crippen molar-refractivity contribution in [3.8, 4) is 6.07 Å². The van der Waals surface area contributed by atoms with Crippen LogP contribution in [0.2, 0.25) is 0 Å². The van der Waals surface area contributed by atoms with Crippen LogP contribution in [0.3, 0.4) is 0 Å². The van der Waals surface area contributed by atoms with E-state index in [2.05, 4.69) is 20.6 Å². The molecule has 1 fully saturated rings. The van der Waals surface area contributed by atoms with Crippen molar-refractivity contribution >= 4 is 23.1 Å². The van der Waals surface area contributed by atoms with E-state index in [1.807, 2.05) is 24.3 Å². The van der Waals surface area contributed by atoms with Gasteiger partial charge in [-0.1, -0.05) is 31.4 Å². The maximum Gasteiger partial charge on any atom is 0.421 e. The van der Waals surface area contributed by atoms with Gasteiger partial charge in [0, 0.05) is 17.6 Å². The highest BCUT2D eigenvalue weighted by molar-refractivity contribution is 5.63. The third-order valence-corrected chi connectivity index (χ3v) is 5.59. The van der Waals surface area contributed by atoms with Gasteiger partial charge in [-0.15, -0.1) is 0 Å². The van der Waals surface area contributed by atoms with Crippen LogP contribution in [0.15, 0.2) is 54.7 Å². The Morgan fingerprint density at radius 2 is 1.69 bits per heavy atom. The monoisotopic (exact) mass is 437 g/mol. The fourth-order valence-electron chi connectivity index (χ4n) is 3.94. The van der Waals surface area contributed by atoms with E-state index in [1.54, 1.807) is 30.3 Å². The number of benzene rings is 2. The van der Waals surface area contributed by atoms with E-state index in [-0.39, 0.29) is 11.8 Å². The molecule has 0 radical (unpaired) electrons. The lowest BCUT2D eigenvalue weighted by atomic mass is 9.84. The lowest BCUT2D eigenvalue weighted by Crippen LogP contribution is -2.13. The largest absolute Gasteiger partial charge is 0.421 e. The van der Waals surface area contributed by atoms with Crippen molar-refractivity contribution in [3.05, 3.63) is 71.4 Å². The second-order valence-corrected chi connectivity index (χ2v) is 7.85. The SMILES string of the molecule is N#Cc1ccc(Nc2ncc(C(F)(F)F)c(Nc3cccc(C4CCCCC4)c3)n2)cc1. The number of aromatic nitrogens is 2. The average Bonchev–Trinajstić information content (AvgIpc) is 2.80. The number of halogens is 3. The fraction of sp³-hybridized carbons (Fsp3) is 0.292. The summed E-state index contributed by atoms with van der Waals surface area (Å²) in [7, 11) is 0. The molecule has 164 valence electrons. The maximum absolute atomic E-state index is 13.6. The lowest BCUT2D eigenvalue weighted by molar-refractivity contribution is -0.137. The highest BCUT2D eigenvalue weighted by Gasteiger charge is 2.35. The van der Waals surface area contributed by atoms with Crippen molar-refractivity contribution in [1.29, 1.82) is 5.26 Å². The molecule has 1 heterocycles.